The number of allylic oxidation sites excluding steroid dienone is 1. The van der Waals surface area contributed by atoms with E-state index in [0.717, 1.165) is 37.2 Å². The lowest BCUT2D eigenvalue weighted by Gasteiger charge is -2.50. The lowest BCUT2D eigenvalue weighted by Crippen LogP contribution is -2.63. The van der Waals surface area contributed by atoms with Gasteiger partial charge in [0, 0.05) is 35.8 Å². The highest BCUT2D eigenvalue weighted by Gasteiger charge is 2.63. The van der Waals surface area contributed by atoms with Crippen molar-refractivity contribution in [1.82, 2.24) is 4.90 Å². The molecule has 0 saturated carbocycles. The summed E-state index contributed by atoms with van der Waals surface area (Å²) in [6.45, 7) is 3.85. The molecule has 0 aromatic heterocycles. The van der Waals surface area contributed by atoms with E-state index >= 15 is 0 Å². The number of carbonyl (C=O) groups is 3. The highest BCUT2D eigenvalue weighted by atomic mass is 16.3. The maximum absolute atomic E-state index is 14.0. The Morgan fingerprint density at radius 1 is 1.17 bits per heavy atom. The van der Waals surface area contributed by atoms with Gasteiger partial charge in [-0.1, -0.05) is 19.1 Å². The average Bonchev–Trinajstić information content (AvgIpc) is 2.81. The SMILES string of the molecule is CC1CCN(c2cccc3c2C(=O)C2=C(O)[C@]4(O)C(=O)C(C(N)=O)=C(O)[C@@H](N(C)C)C4CC2C3)CC1. The number of carbonyl (C=O) groups excluding carboxylic acids is 3. The quantitative estimate of drug-likeness (QED) is 0.464. The smallest absolute Gasteiger partial charge is 0.255 e. The molecule has 9 nitrogen and oxygen atoms in total. The fourth-order valence-electron chi connectivity index (χ4n) is 6.70. The van der Waals surface area contributed by atoms with Gasteiger partial charge < -0.3 is 26.0 Å². The molecule has 3 aliphatic carbocycles. The lowest BCUT2D eigenvalue weighted by atomic mass is 9.58. The number of anilines is 1. The molecular weight excluding hydrogens is 462 g/mol. The summed E-state index contributed by atoms with van der Waals surface area (Å²) in [5.74, 6) is -4.84. The standard InChI is InChI=1S/C27H33N3O6/c1-13-7-9-30(10-8-13)17-6-4-5-14-11-15-12-16-21(29(2)3)23(32)20(26(28)35)25(34)27(16,36)24(33)19(15)22(31)18(14)17/h4-6,13,15-16,21,32-33,36H,7-12H2,1-3H3,(H2,28,35)/t15?,16?,21-,27-/m0/s1. The van der Waals surface area contributed by atoms with Crippen molar-refractivity contribution in [1.29, 1.82) is 0 Å². The van der Waals surface area contributed by atoms with Gasteiger partial charge in [0.25, 0.3) is 5.91 Å². The maximum Gasteiger partial charge on any atom is 0.255 e. The molecule has 4 aliphatic rings. The fourth-order valence-corrected chi connectivity index (χ4v) is 6.70. The predicted molar refractivity (Wildman–Crippen MR) is 133 cm³/mol. The first kappa shape index (κ1) is 24.5. The first-order chi connectivity index (χ1) is 17.0. The normalized spacial score (nSPS) is 30.9. The molecule has 1 aromatic rings. The highest BCUT2D eigenvalue weighted by Crippen LogP contribution is 2.52. The molecule has 1 saturated heterocycles. The summed E-state index contributed by atoms with van der Waals surface area (Å²) in [6, 6.07) is 4.81. The van der Waals surface area contributed by atoms with Gasteiger partial charge in [-0.3, -0.25) is 19.3 Å². The number of nitrogens with two attached hydrogens (primary N) is 1. The number of aliphatic hydroxyl groups is 3. The van der Waals surface area contributed by atoms with Gasteiger partial charge in [-0.25, -0.2) is 0 Å². The molecule has 2 unspecified atom stereocenters. The van der Waals surface area contributed by atoms with Crippen molar-refractivity contribution in [2.24, 2.45) is 23.5 Å². The Bertz CT molecular complexity index is 1230. The first-order valence-electron chi connectivity index (χ1n) is 12.5. The summed E-state index contributed by atoms with van der Waals surface area (Å²) in [7, 11) is 3.28. The number of hydrogen-bond acceptors (Lipinski definition) is 8. The van der Waals surface area contributed by atoms with Crippen LogP contribution in [0.25, 0.3) is 0 Å². The van der Waals surface area contributed by atoms with Crippen molar-refractivity contribution in [3.8, 4) is 0 Å². The fraction of sp³-hybridized carbons (Fsp3) is 0.519. The number of aliphatic hydroxyl groups excluding tert-OH is 2. The molecule has 5 rings (SSSR count). The van der Waals surface area contributed by atoms with Crippen LogP contribution in [0, 0.1) is 17.8 Å². The van der Waals surface area contributed by atoms with Gasteiger partial charge in [0.05, 0.1) is 6.04 Å². The van der Waals surface area contributed by atoms with E-state index in [1.54, 1.807) is 19.0 Å². The van der Waals surface area contributed by atoms with E-state index in [-0.39, 0.29) is 12.0 Å². The number of nitrogens with zero attached hydrogens (tertiary/aromatic N) is 2. The number of amides is 1. The van der Waals surface area contributed by atoms with Gasteiger partial charge in [-0.15, -0.1) is 0 Å². The summed E-state index contributed by atoms with van der Waals surface area (Å²) in [6.07, 6.45) is 2.65. The number of benzene rings is 1. The Kier molecular flexibility index (Phi) is 5.76. The number of hydrogen-bond donors (Lipinski definition) is 4. The van der Waals surface area contributed by atoms with Crippen molar-refractivity contribution >= 4 is 23.2 Å². The van der Waals surface area contributed by atoms with Crippen molar-refractivity contribution in [2.45, 2.75) is 44.2 Å². The van der Waals surface area contributed by atoms with Crippen LogP contribution in [0.1, 0.15) is 42.1 Å². The van der Waals surface area contributed by atoms with Crippen molar-refractivity contribution in [2.75, 3.05) is 32.1 Å². The second-order valence-corrected chi connectivity index (χ2v) is 10.9. The maximum atomic E-state index is 14.0. The van der Waals surface area contributed by atoms with Crippen molar-refractivity contribution in [3.63, 3.8) is 0 Å². The number of primary amides is 1. The molecule has 5 N–H and O–H groups in total. The van der Waals surface area contributed by atoms with Gasteiger partial charge >= 0.3 is 0 Å². The van der Waals surface area contributed by atoms with Crippen LogP contribution in [-0.2, 0) is 16.0 Å². The Morgan fingerprint density at radius 3 is 2.44 bits per heavy atom. The average molecular weight is 496 g/mol. The molecule has 1 heterocycles. The van der Waals surface area contributed by atoms with Crippen LogP contribution in [0.4, 0.5) is 5.69 Å². The van der Waals surface area contributed by atoms with Crippen molar-refractivity contribution in [3.05, 3.63) is 52.0 Å². The Hall–Kier alpha value is -3.17. The van der Waals surface area contributed by atoms with Gasteiger partial charge in [0.1, 0.15) is 17.1 Å². The van der Waals surface area contributed by atoms with E-state index in [1.807, 2.05) is 18.2 Å². The van der Waals surface area contributed by atoms with E-state index in [0.29, 0.717) is 17.9 Å². The van der Waals surface area contributed by atoms with E-state index in [1.165, 1.54) is 0 Å². The van der Waals surface area contributed by atoms with E-state index in [2.05, 4.69) is 11.8 Å². The molecule has 0 bridgehead atoms. The Labute approximate surface area is 209 Å². The zero-order valence-electron chi connectivity index (χ0n) is 20.8. The number of Topliss-reactive ketones (excluding diaryl/α,β-unsaturated/α-hetero) is 2. The van der Waals surface area contributed by atoms with Crippen LogP contribution in [-0.4, -0.2) is 76.5 Å². The van der Waals surface area contributed by atoms with Crippen LogP contribution in [0.2, 0.25) is 0 Å². The van der Waals surface area contributed by atoms with Crippen molar-refractivity contribution < 1.29 is 29.7 Å². The van der Waals surface area contributed by atoms with Crippen LogP contribution >= 0.6 is 0 Å². The molecule has 0 radical (unpaired) electrons. The summed E-state index contributed by atoms with van der Waals surface area (Å²) >= 11 is 0. The van der Waals surface area contributed by atoms with Gasteiger partial charge in [0.2, 0.25) is 5.78 Å². The van der Waals surface area contributed by atoms with E-state index < -0.39 is 58.0 Å². The Balaban J connectivity index is 1.65. The monoisotopic (exact) mass is 495 g/mol. The molecule has 192 valence electrons. The number of ketones is 2. The molecule has 36 heavy (non-hydrogen) atoms. The third-order valence-corrected chi connectivity index (χ3v) is 8.58. The molecule has 1 aromatic carbocycles. The third-order valence-electron chi connectivity index (χ3n) is 8.58. The number of likely N-dealkylation sites (N-methyl/N-ethyl adjacent to an activating group) is 1. The zero-order chi connectivity index (χ0) is 26.1. The summed E-state index contributed by atoms with van der Waals surface area (Å²) in [5.41, 5.74) is 4.27. The Morgan fingerprint density at radius 2 is 1.83 bits per heavy atom. The number of fused-ring (bicyclic) bond motifs is 3. The number of piperidine rings is 1. The van der Waals surface area contributed by atoms with Crippen LogP contribution in [0.15, 0.2) is 40.9 Å². The van der Waals surface area contributed by atoms with Gasteiger partial charge in [0.15, 0.2) is 11.4 Å². The molecular formula is C27H33N3O6. The minimum absolute atomic E-state index is 0.00939. The molecule has 1 amide bonds. The van der Waals surface area contributed by atoms with E-state index in [9.17, 15) is 29.7 Å². The third kappa shape index (κ3) is 3.33. The minimum atomic E-state index is -2.54. The van der Waals surface area contributed by atoms with Gasteiger partial charge in [-0.05, 0) is 63.2 Å². The summed E-state index contributed by atoms with van der Waals surface area (Å²) in [4.78, 5) is 43.2. The predicted octanol–water partition coefficient (Wildman–Crippen LogP) is 1.65. The van der Waals surface area contributed by atoms with Gasteiger partial charge in [-0.2, -0.15) is 0 Å². The first-order valence-corrected chi connectivity index (χ1v) is 12.5. The van der Waals surface area contributed by atoms with Crippen LogP contribution < -0.4 is 10.6 Å². The second-order valence-electron chi connectivity index (χ2n) is 10.9. The molecule has 1 aliphatic heterocycles. The molecule has 4 atom stereocenters. The molecule has 0 spiro atoms. The highest BCUT2D eigenvalue weighted by molar-refractivity contribution is 6.25. The topological polar surface area (TPSA) is 144 Å². The lowest BCUT2D eigenvalue weighted by molar-refractivity contribution is -0.148. The van der Waals surface area contributed by atoms with E-state index in [4.69, 9.17) is 5.73 Å². The number of rotatable bonds is 3. The van der Waals surface area contributed by atoms with Crippen LogP contribution in [0.3, 0.4) is 0 Å². The summed E-state index contributed by atoms with van der Waals surface area (Å²) in [5, 5.41) is 34.0. The molecule has 1 fully saturated rings. The zero-order valence-corrected chi connectivity index (χ0v) is 20.8. The second kappa shape index (κ2) is 8.45. The van der Waals surface area contributed by atoms with Crippen LogP contribution in [0.5, 0.6) is 0 Å². The minimum Gasteiger partial charge on any atom is -0.510 e. The molecule has 9 heteroatoms. The largest absolute Gasteiger partial charge is 0.510 e. The summed E-state index contributed by atoms with van der Waals surface area (Å²) < 4.78 is 0.